The van der Waals surface area contributed by atoms with E-state index in [1.54, 1.807) is 0 Å². The number of nitrogens with zero attached hydrogens (tertiary/aromatic N) is 8. The van der Waals surface area contributed by atoms with Crippen molar-refractivity contribution in [1.82, 2.24) is 18.3 Å². The van der Waals surface area contributed by atoms with Crippen molar-refractivity contribution in [3.05, 3.63) is 395 Å². The number of anilines is 12. The molecule has 634 valence electrons. The largest absolute Gasteiger partial charge is 0.316 e. The molecular weight excluding hydrogens is 1550 g/mol. The van der Waals surface area contributed by atoms with Crippen LogP contribution in [0.25, 0.3) is 98.7 Å². The summed E-state index contributed by atoms with van der Waals surface area (Å²) in [6.07, 6.45) is 9.04. The van der Waals surface area contributed by atoms with Gasteiger partial charge in [0.2, 0.25) is 0 Å². The summed E-state index contributed by atoms with van der Waals surface area (Å²) in [5.74, 6) is 0. The third kappa shape index (κ3) is 13.8. The molecule has 0 fully saturated rings. The van der Waals surface area contributed by atoms with E-state index >= 15 is 0 Å². The average Bonchev–Trinajstić information content (AvgIpc) is 0.717. The zero-order chi connectivity index (χ0) is 89.1. The molecule has 4 heterocycles. The van der Waals surface area contributed by atoms with E-state index in [1.807, 2.05) is 0 Å². The van der Waals surface area contributed by atoms with Gasteiger partial charge in [-0.2, -0.15) is 0 Å². The molecule has 0 amide bonds. The monoisotopic (exact) mass is 1670 g/mol. The number of hydrogen-bond donors (Lipinski definition) is 0. The Labute approximate surface area is 754 Å². The summed E-state index contributed by atoms with van der Waals surface area (Å²) in [6.45, 7) is 46.7. The quantitative estimate of drug-likeness (QED) is 0.0903. The Balaban J connectivity index is 1.01. The third-order valence-corrected chi connectivity index (χ3v) is 27.3. The Kier molecular flexibility index (Phi) is 19.9. The molecule has 0 aliphatic heterocycles. The van der Waals surface area contributed by atoms with Gasteiger partial charge in [0, 0.05) is 124 Å². The molecule has 0 saturated heterocycles. The van der Waals surface area contributed by atoms with Crippen molar-refractivity contribution in [2.45, 2.75) is 160 Å². The van der Waals surface area contributed by atoms with Crippen molar-refractivity contribution in [3.8, 4) is 22.7 Å². The van der Waals surface area contributed by atoms with Gasteiger partial charge in [-0.1, -0.05) is 229 Å². The highest BCUT2D eigenvalue weighted by molar-refractivity contribution is 6.33. The maximum Gasteiger partial charge on any atom is 0.0578 e. The molecule has 8 heteroatoms. The minimum absolute atomic E-state index is 0.129. The van der Waals surface area contributed by atoms with E-state index in [0.29, 0.717) is 0 Å². The molecule has 0 aliphatic rings. The van der Waals surface area contributed by atoms with Gasteiger partial charge < -0.3 is 37.9 Å². The number of fused-ring (bicyclic) bond motifs is 4. The van der Waals surface area contributed by atoms with E-state index in [2.05, 4.69) is 504 Å². The number of hydrogen-bond acceptors (Lipinski definition) is 4. The molecule has 0 spiro atoms. The van der Waals surface area contributed by atoms with Gasteiger partial charge in [-0.15, -0.1) is 0 Å². The van der Waals surface area contributed by atoms with Crippen LogP contribution in [0.5, 0.6) is 0 Å². The first-order valence-electron chi connectivity index (χ1n) is 45.5. The number of benzene rings is 16. The predicted octanol–water partition coefficient (Wildman–Crippen LogP) is 33.9. The fourth-order valence-electron chi connectivity index (χ4n) is 20.9. The summed E-state index contributed by atoms with van der Waals surface area (Å²) >= 11 is 0. The number of para-hydroxylation sites is 4. The first-order chi connectivity index (χ1) is 61.4. The van der Waals surface area contributed by atoms with Crippen LogP contribution < -0.4 is 19.6 Å². The maximum atomic E-state index is 2.65. The van der Waals surface area contributed by atoms with E-state index in [9.17, 15) is 0 Å². The first kappa shape index (κ1) is 82.2. The molecule has 0 bridgehead atoms. The second kappa shape index (κ2) is 30.9. The van der Waals surface area contributed by atoms with E-state index in [-0.39, 0.29) is 21.7 Å². The van der Waals surface area contributed by atoms with Crippen LogP contribution in [0.3, 0.4) is 0 Å². The first-order valence-corrected chi connectivity index (χ1v) is 45.5. The summed E-state index contributed by atoms with van der Waals surface area (Å²) in [6, 6.07) is 116. The Morgan fingerprint density at radius 3 is 0.570 bits per heavy atom. The molecule has 0 atom stereocenters. The molecule has 0 N–H and O–H groups in total. The Hall–Kier alpha value is -14.1. The zero-order valence-electron chi connectivity index (χ0n) is 77.8. The lowest BCUT2D eigenvalue weighted by Crippen LogP contribution is -2.19. The van der Waals surface area contributed by atoms with Gasteiger partial charge in [0.1, 0.15) is 0 Å². The molecule has 4 aromatic heterocycles. The molecule has 8 nitrogen and oxygen atoms in total. The smallest absolute Gasteiger partial charge is 0.0578 e. The van der Waals surface area contributed by atoms with Crippen LogP contribution in [0.1, 0.15) is 150 Å². The van der Waals surface area contributed by atoms with Gasteiger partial charge in [0.15, 0.2) is 0 Å². The summed E-state index contributed by atoms with van der Waals surface area (Å²) in [5, 5.41) is 11.5. The molecular formula is C120H114N8. The van der Waals surface area contributed by atoms with Crippen LogP contribution in [-0.4, -0.2) is 18.3 Å². The Morgan fingerprint density at radius 2 is 0.391 bits per heavy atom. The van der Waals surface area contributed by atoms with E-state index in [1.165, 1.54) is 66.1 Å². The molecule has 0 aliphatic carbocycles. The summed E-state index contributed by atoms with van der Waals surface area (Å²) in [4.78, 5) is 10.6. The lowest BCUT2D eigenvalue weighted by Gasteiger charge is -2.37. The van der Waals surface area contributed by atoms with Gasteiger partial charge in [-0.25, -0.2) is 0 Å². The highest BCUT2D eigenvalue weighted by atomic mass is 15.2. The van der Waals surface area contributed by atoms with Crippen LogP contribution in [-0.2, 0) is 21.7 Å². The van der Waals surface area contributed by atoms with Crippen LogP contribution in [0, 0.1) is 55.4 Å². The molecule has 128 heavy (non-hydrogen) atoms. The van der Waals surface area contributed by atoms with Crippen molar-refractivity contribution in [2.24, 2.45) is 0 Å². The lowest BCUT2D eigenvalue weighted by molar-refractivity contribution is 0.590. The van der Waals surface area contributed by atoms with Gasteiger partial charge in [0.05, 0.1) is 67.6 Å². The SMILES string of the molecule is Cc1cc2ccn(-c3ccccc3)c2c(C)c1N(c1ccc(C(C)(C)C)cc1)c1cc(N(c2ccc(C(C)(C)C)cc2)c2c(C)cc3ccn(-c4ccccc4)c3c2C)c2ccc3c(N(c4ccc(C(C)(C)C)cc4)c4c(C)cc5ccn(-c6ccccc6)c5c4C)cc(N(c4ccc(C(C)(C)C)cc4)c4c(C)cc5ccn(-c6ccccc6)c5c4C)c4ccc1c2c43. The van der Waals surface area contributed by atoms with Gasteiger partial charge in [-0.05, 0) is 302 Å². The summed E-state index contributed by atoms with van der Waals surface area (Å²) in [7, 11) is 0. The Bertz CT molecular complexity index is 6770. The average molecular weight is 1670 g/mol. The van der Waals surface area contributed by atoms with Crippen molar-refractivity contribution >= 4 is 144 Å². The van der Waals surface area contributed by atoms with E-state index < -0.39 is 0 Å². The topological polar surface area (TPSA) is 32.7 Å². The van der Waals surface area contributed by atoms with Crippen LogP contribution in [0.4, 0.5) is 68.2 Å². The standard InChI is InChI=1S/C120H114N8/c1-75-69-83-61-65-121(91-33-25-21-26-34-91)113(83)79(5)109(75)125(95-49-41-87(42-50-95)117(9,10)11)103-73-104(126(96-51-43-88(44-52-96)118(12,13)14)110-76(2)70-84-62-66-122(114(84)80(110)6)92-35-27-22-28-36-92)100-59-60-102-106(128(98-55-47-90(48-56-98)120(18,19)20)112-78(4)72-86-64-68-124(116(86)82(112)8)94-39-31-24-32-40-94)74-105(101-58-57-99(103)107(100)108(101)102)127(97-53-45-89(46-54-97)119(15,16)17)111-77(3)71-85-63-67-123(115(85)81(111)7)93-37-29-23-30-38-93/h21-74H,1-20H3. The van der Waals surface area contributed by atoms with Gasteiger partial charge in [-0.3, -0.25) is 0 Å². The fraction of sp³-hybridized carbons (Fsp3) is 0.200. The number of aryl methyl sites for hydroxylation is 8. The van der Waals surface area contributed by atoms with E-state index in [0.717, 1.165) is 168 Å². The summed E-state index contributed by atoms with van der Waals surface area (Å²) in [5.41, 5.74) is 35.8. The molecule has 20 aromatic rings. The normalized spacial score (nSPS) is 12.4. The fourth-order valence-corrected chi connectivity index (χ4v) is 20.9. The van der Waals surface area contributed by atoms with Crippen molar-refractivity contribution in [2.75, 3.05) is 19.6 Å². The second-order valence-corrected chi connectivity index (χ2v) is 39.9. The second-order valence-electron chi connectivity index (χ2n) is 39.9. The van der Waals surface area contributed by atoms with Crippen LogP contribution >= 0.6 is 0 Å². The minimum atomic E-state index is -0.129. The van der Waals surface area contributed by atoms with Crippen molar-refractivity contribution < 1.29 is 0 Å². The highest BCUT2D eigenvalue weighted by Gasteiger charge is 2.35. The zero-order valence-corrected chi connectivity index (χ0v) is 77.8. The molecule has 20 rings (SSSR count). The maximum absolute atomic E-state index is 2.65. The molecule has 16 aromatic carbocycles. The van der Waals surface area contributed by atoms with Crippen LogP contribution in [0.15, 0.2) is 328 Å². The van der Waals surface area contributed by atoms with Crippen molar-refractivity contribution in [1.29, 1.82) is 0 Å². The van der Waals surface area contributed by atoms with Gasteiger partial charge >= 0.3 is 0 Å². The molecule has 0 saturated carbocycles. The predicted molar refractivity (Wildman–Crippen MR) is 549 cm³/mol. The molecule has 0 unspecified atom stereocenters. The van der Waals surface area contributed by atoms with Crippen molar-refractivity contribution in [3.63, 3.8) is 0 Å². The summed E-state index contributed by atoms with van der Waals surface area (Å²) < 4.78 is 9.59. The highest BCUT2D eigenvalue weighted by Crippen LogP contribution is 2.59. The number of aromatic nitrogens is 4. The third-order valence-electron chi connectivity index (χ3n) is 27.3. The van der Waals surface area contributed by atoms with Crippen LogP contribution in [0.2, 0.25) is 0 Å². The van der Waals surface area contributed by atoms with E-state index in [4.69, 9.17) is 0 Å². The van der Waals surface area contributed by atoms with Gasteiger partial charge in [0.25, 0.3) is 0 Å². The Morgan fingerprint density at radius 1 is 0.203 bits per heavy atom. The lowest BCUT2D eigenvalue weighted by atomic mass is 9.86. The molecule has 0 radical (unpaired) electrons. The number of rotatable bonds is 16. The minimum Gasteiger partial charge on any atom is -0.316 e.